The molecule has 1 fully saturated rings. The lowest BCUT2D eigenvalue weighted by Crippen LogP contribution is -2.29. The number of carbonyl (C=O) groups excluding carboxylic acids is 2. The molecule has 180 valence electrons. The van der Waals surface area contributed by atoms with Crippen molar-refractivity contribution in [2.45, 2.75) is 13.0 Å². The average Bonchev–Trinajstić information content (AvgIpc) is 3.11. The fourth-order valence-electron chi connectivity index (χ4n) is 3.97. The SMILES string of the molecule is CCOc1ccc(C2/C(=C(\O)c3cc(F)ccc3OC)C(=O)C(=O)N2c2ccc(F)c(F)c2)cc1. The Morgan fingerprint density at radius 2 is 1.69 bits per heavy atom. The number of anilines is 1. The number of hydrogen-bond donors (Lipinski definition) is 1. The number of aliphatic hydroxyl groups is 1. The molecule has 1 N–H and O–H groups in total. The van der Waals surface area contributed by atoms with E-state index in [1.807, 2.05) is 0 Å². The summed E-state index contributed by atoms with van der Waals surface area (Å²) < 4.78 is 52.3. The predicted molar refractivity (Wildman–Crippen MR) is 122 cm³/mol. The maximum absolute atomic E-state index is 14.1. The van der Waals surface area contributed by atoms with E-state index in [2.05, 4.69) is 0 Å². The van der Waals surface area contributed by atoms with Gasteiger partial charge < -0.3 is 14.6 Å². The van der Waals surface area contributed by atoms with Crippen molar-refractivity contribution in [3.05, 3.63) is 94.8 Å². The molecule has 1 amide bonds. The highest BCUT2D eigenvalue weighted by molar-refractivity contribution is 6.51. The molecular weight excluding hydrogens is 463 g/mol. The van der Waals surface area contributed by atoms with E-state index in [9.17, 15) is 27.9 Å². The van der Waals surface area contributed by atoms with Crippen LogP contribution in [0.5, 0.6) is 11.5 Å². The molecule has 0 aliphatic carbocycles. The van der Waals surface area contributed by atoms with Gasteiger partial charge in [0.2, 0.25) is 0 Å². The molecule has 0 spiro atoms. The molecule has 1 unspecified atom stereocenters. The monoisotopic (exact) mass is 483 g/mol. The first-order chi connectivity index (χ1) is 16.8. The van der Waals surface area contributed by atoms with E-state index in [4.69, 9.17) is 9.47 Å². The van der Waals surface area contributed by atoms with Crippen molar-refractivity contribution in [2.24, 2.45) is 0 Å². The van der Waals surface area contributed by atoms with Crippen molar-refractivity contribution in [1.82, 2.24) is 0 Å². The van der Waals surface area contributed by atoms with E-state index in [0.29, 0.717) is 17.9 Å². The fourth-order valence-corrected chi connectivity index (χ4v) is 3.97. The number of ketones is 1. The molecule has 4 rings (SSSR count). The number of ether oxygens (including phenoxy) is 2. The topological polar surface area (TPSA) is 76.1 Å². The van der Waals surface area contributed by atoms with Gasteiger partial charge in [0.25, 0.3) is 11.7 Å². The van der Waals surface area contributed by atoms with Crippen LogP contribution >= 0.6 is 0 Å². The van der Waals surface area contributed by atoms with Crippen molar-refractivity contribution >= 4 is 23.1 Å². The van der Waals surface area contributed by atoms with E-state index in [1.165, 1.54) is 13.2 Å². The zero-order valence-corrected chi connectivity index (χ0v) is 18.7. The summed E-state index contributed by atoms with van der Waals surface area (Å²) >= 11 is 0. The van der Waals surface area contributed by atoms with Crippen LogP contribution in [0.3, 0.4) is 0 Å². The number of methoxy groups -OCH3 is 1. The van der Waals surface area contributed by atoms with Gasteiger partial charge in [-0.1, -0.05) is 12.1 Å². The van der Waals surface area contributed by atoms with Crippen molar-refractivity contribution in [3.8, 4) is 11.5 Å². The highest BCUT2D eigenvalue weighted by Crippen LogP contribution is 2.43. The van der Waals surface area contributed by atoms with Crippen LogP contribution in [-0.4, -0.2) is 30.5 Å². The molecule has 0 saturated carbocycles. The van der Waals surface area contributed by atoms with E-state index in [-0.39, 0.29) is 22.6 Å². The lowest BCUT2D eigenvalue weighted by atomic mass is 9.94. The normalized spacial score (nSPS) is 17.1. The number of aliphatic hydroxyl groups excluding tert-OH is 1. The maximum Gasteiger partial charge on any atom is 0.300 e. The predicted octanol–water partition coefficient (Wildman–Crippen LogP) is 5.14. The number of benzene rings is 3. The Hall–Kier alpha value is -4.27. The number of hydrogen-bond acceptors (Lipinski definition) is 5. The largest absolute Gasteiger partial charge is 0.507 e. The van der Waals surface area contributed by atoms with Crippen LogP contribution in [0.4, 0.5) is 18.9 Å². The average molecular weight is 483 g/mol. The minimum Gasteiger partial charge on any atom is -0.507 e. The van der Waals surface area contributed by atoms with Crippen molar-refractivity contribution < 1.29 is 37.3 Å². The smallest absolute Gasteiger partial charge is 0.300 e. The number of halogens is 3. The second kappa shape index (κ2) is 9.54. The number of Topliss-reactive ketones (excluding diaryl/α,β-unsaturated/α-hetero) is 1. The van der Waals surface area contributed by atoms with Gasteiger partial charge in [-0.15, -0.1) is 0 Å². The first-order valence-corrected chi connectivity index (χ1v) is 10.6. The quantitative estimate of drug-likeness (QED) is 0.299. The summed E-state index contributed by atoms with van der Waals surface area (Å²) in [5.41, 5.74) is -0.246. The van der Waals surface area contributed by atoms with Gasteiger partial charge in [-0.3, -0.25) is 14.5 Å². The first kappa shape index (κ1) is 23.9. The molecule has 1 heterocycles. The van der Waals surface area contributed by atoms with Crippen LogP contribution in [-0.2, 0) is 9.59 Å². The van der Waals surface area contributed by atoms with Crippen LogP contribution in [0.25, 0.3) is 5.76 Å². The van der Waals surface area contributed by atoms with Gasteiger partial charge in [0.15, 0.2) is 11.6 Å². The third kappa shape index (κ3) is 4.32. The molecule has 1 atom stereocenters. The zero-order valence-electron chi connectivity index (χ0n) is 18.7. The van der Waals surface area contributed by atoms with Gasteiger partial charge in [-0.2, -0.15) is 0 Å². The van der Waals surface area contributed by atoms with Crippen LogP contribution in [0.15, 0.2) is 66.2 Å². The summed E-state index contributed by atoms with van der Waals surface area (Å²) in [5, 5.41) is 11.2. The minimum atomic E-state index is -1.23. The van der Waals surface area contributed by atoms with Crippen LogP contribution in [0, 0.1) is 17.5 Å². The maximum atomic E-state index is 14.1. The van der Waals surface area contributed by atoms with Crippen molar-refractivity contribution in [3.63, 3.8) is 0 Å². The van der Waals surface area contributed by atoms with Gasteiger partial charge in [0.05, 0.1) is 30.9 Å². The standard InChI is InChI=1S/C26H20F3NO5/c1-3-35-17-8-4-14(5-9-17)23-22(24(31)18-12-15(27)6-11-21(18)34-2)25(32)26(33)30(23)16-7-10-19(28)20(29)13-16/h4-13,23,31H,3H2,1-2H3/b24-22+. The molecule has 0 aromatic heterocycles. The first-order valence-electron chi connectivity index (χ1n) is 10.6. The molecule has 0 radical (unpaired) electrons. The summed E-state index contributed by atoms with van der Waals surface area (Å²) in [6, 6.07) is 11.2. The lowest BCUT2D eigenvalue weighted by molar-refractivity contribution is -0.132. The summed E-state index contributed by atoms with van der Waals surface area (Å²) in [6.45, 7) is 2.21. The Balaban J connectivity index is 1.96. The number of amides is 1. The third-order valence-corrected chi connectivity index (χ3v) is 5.55. The summed E-state index contributed by atoms with van der Waals surface area (Å²) in [6.07, 6.45) is 0. The van der Waals surface area contributed by atoms with Gasteiger partial charge in [-0.05, 0) is 55.0 Å². The molecule has 35 heavy (non-hydrogen) atoms. The Morgan fingerprint density at radius 1 is 0.971 bits per heavy atom. The Morgan fingerprint density at radius 3 is 2.31 bits per heavy atom. The second-order valence-electron chi connectivity index (χ2n) is 7.61. The molecule has 3 aromatic carbocycles. The Labute approximate surface area is 198 Å². The second-order valence-corrected chi connectivity index (χ2v) is 7.61. The van der Waals surface area contributed by atoms with Gasteiger partial charge in [0, 0.05) is 11.8 Å². The molecule has 1 aliphatic heterocycles. The minimum absolute atomic E-state index is 0.0633. The fraction of sp³-hybridized carbons (Fsp3) is 0.154. The molecule has 0 bridgehead atoms. The van der Waals surface area contributed by atoms with E-state index >= 15 is 0 Å². The highest BCUT2D eigenvalue weighted by Gasteiger charge is 2.47. The third-order valence-electron chi connectivity index (χ3n) is 5.55. The molecule has 6 nitrogen and oxygen atoms in total. The Bertz CT molecular complexity index is 1340. The molecule has 1 saturated heterocycles. The van der Waals surface area contributed by atoms with Gasteiger partial charge in [-0.25, -0.2) is 13.2 Å². The molecule has 3 aromatic rings. The lowest BCUT2D eigenvalue weighted by Gasteiger charge is -2.26. The van der Waals surface area contributed by atoms with Gasteiger partial charge in [0.1, 0.15) is 23.1 Å². The summed E-state index contributed by atoms with van der Waals surface area (Å²) in [5.74, 6) is -5.32. The Kier molecular flexibility index (Phi) is 6.50. The van der Waals surface area contributed by atoms with Gasteiger partial charge >= 0.3 is 0 Å². The summed E-state index contributed by atoms with van der Waals surface area (Å²) in [4.78, 5) is 27.2. The molecule has 1 aliphatic rings. The van der Waals surface area contributed by atoms with Crippen LogP contribution < -0.4 is 14.4 Å². The van der Waals surface area contributed by atoms with Crippen molar-refractivity contribution in [2.75, 3.05) is 18.6 Å². The number of carbonyl (C=O) groups is 2. The highest BCUT2D eigenvalue weighted by atomic mass is 19.2. The van der Waals surface area contributed by atoms with Crippen LogP contribution in [0.1, 0.15) is 24.1 Å². The number of rotatable bonds is 6. The van der Waals surface area contributed by atoms with Crippen molar-refractivity contribution in [1.29, 1.82) is 0 Å². The molecular formula is C26H20F3NO5. The van der Waals surface area contributed by atoms with E-state index in [0.717, 1.165) is 35.2 Å². The molecule has 9 heteroatoms. The summed E-state index contributed by atoms with van der Waals surface area (Å²) in [7, 11) is 1.30. The van der Waals surface area contributed by atoms with E-state index < -0.39 is 40.9 Å². The van der Waals surface area contributed by atoms with Crippen LogP contribution in [0.2, 0.25) is 0 Å². The number of nitrogens with zero attached hydrogens (tertiary/aromatic N) is 1. The zero-order chi connectivity index (χ0) is 25.3. The van der Waals surface area contributed by atoms with E-state index in [1.54, 1.807) is 31.2 Å².